The van der Waals surface area contributed by atoms with Crippen LogP contribution in [0, 0.1) is 0 Å². The van der Waals surface area contributed by atoms with Crippen molar-refractivity contribution in [2.24, 2.45) is 0 Å². The van der Waals surface area contributed by atoms with Crippen LogP contribution < -0.4 is 5.32 Å². The van der Waals surface area contributed by atoms with Gasteiger partial charge in [-0.25, -0.2) is 9.97 Å². The van der Waals surface area contributed by atoms with Crippen LogP contribution in [0.5, 0.6) is 0 Å². The van der Waals surface area contributed by atoms with Crippen molar-refractivity contribution in [3.8, 4) is 0 Å². The quantitative estimate of drug-likeness (QED) is 0.862. The van der Waals surface area contributed by atoms with Gasteiger partial charge >= 0.3 is 0 Å². The lowest BCUT2D eigenvalue weighted by Crippen LogP contribution is -2.50. The first-order valence-electron chi connectivity index (χ1n) is 6.49. The van der Waals surface area contributed by atoms with Crippen LogP contribution in [0.4, 0.5) is 0 Å². The normalized spacial score (nSPS) is 26.7. The standard InChI is InChI=1S/C13H19N3O/c1-4-13(5-1)8-11(3-7-17-13)15-9-12-2-6-14-10-16-12/h2,6,10-11,15H,1,3-5,7-9H2. The zero-order valence-electron chi connectivity index (χ0n) is 10.1. The molecule has 0 radical (unpaired) electrons. The molecule has 1 spiro atoms. The fraction of sp³-hybridized carbons (Fsp3) is 0.692. The summed E-state index contributed by atoms with van der Waals surface area (Å²) in [5.41, 5.74) is 1.29. The Morgan fingerprint density at radius 1 is 1.47 bits per heavy atom. The van der Waals surface area contributed by atoms with Crippen LogP contribution in [-0.2, 0) is 11.3 Å². The van der Waals surface area contributed by atoms with Crippen molar-refractivity contribution < 1.29 is 4.74 Å². The van der Waals surface area contributed by atoms with E-state index < -0.39 is 0 Å². The Hall–Kier alpha value is -1.00. The molecule has 4 heteroatoms. The number of nitrogens with one attached hydrogen (secondary N) is 1. The summed E-state index contributed by atoms with van der Waals surface area (Å²) in [7, 11) is 0. The highest BCUT2D eigenvalue weighted by atomic mass is 16.5. The van der Waals surface area contributed by atoms with Crippen molar-refractivity contribution >= 4 is 0 Å². The summed E-state index contributed by atoms with van der Waals surface area (Å²) in [6.45, 7) is 1.74. The summed E-state index contributed by atoms with van der Waals surface area (Å²) in [4.78, 5) is 8.16. The topological polar surface area (TPSA) is 47.0 Å². The molecule has 2 fully saturated rings. The molecular formula is C13H19N3O. The van der Waals surface area contributed by atoms with Crippen molar-refractivity contribution in [3.05, 3.63) is 24.3 Å². The molecule has 0 amide bonds. The van der Waals surface area contributed by atoms with E-state index >= 15 is 0 Å². The number of rotatable bonds is 3. The monoisotopic (exact) mass is 233 g/mol. The largest absolute Gasteiger partial charge is 0.375 e. The molecule has 3 rings (SSSR count). The molecule has 2 aliphatic rings. The van der Waals surface area contributed by atoms with Gasteiger partial charge in [-0.1, -0.05) is 0 Å². The Morgan fingerprint density at radius 3 is 3.12 bits per heavy atom. The predicted octanol–water partition coefficient (Wildman–Crippen LogP) is 1.67. The van der Waals surface area contributed by atoms with Gasteiger partial charge in [0.05, 0.1) is 11.3 Å². The first-order chi connectivity index (χ1) is 8.36. The molecular weight excluding hydrogens is 214 g/mol. The Labute approximate surface area is 102 Å². The van der Waals surface area contributed by atoms with E-state index in [2.05, 4.69) is 15.3 Å². The van der Waals surface area contributed by atoms with Crippen LogP contribution in [0.3, 0.4) is 0 Å². The van der Waals surface area contributed by atoms with Crippen LogP contribution in [0.25, 0.3) is 0 Å². The molecule has 0 aromatic carbocycles. The summed E-state index contributed by atoms with van der Waals surface area (Å²) < 4.78 is 5.92. The Balaban J connectivity index is 1.52. The fourth-order valence-electron chi connectivity index (χ4n) is 2.79. The lowest BCUT2D eigenvalue weighted by atomic mass is 9.74. The molecule has 2 heterocycles. The number of ether oxygens (including phenoxy) is 1. The van der Waals surface area contributed by atoms with Gasteiger partial charge in [-0.05, 0) is 38.2 Å². The van der Waals surface area contributed by atoms with Crippen molar-refractivity contribution in [1.82, 2.24) is 15.3 Å². The summed E-state index contributed by atoms with van der Waals surface area (Å²) in [5.74, 6) is 0. The minimum absolute atomic E-state index is 0.224. The van der Waals surface area contributed by atoms with Gasteiger partial charge in [0.15, 0.2) is 0 Å². The maximum atomic E-state index is 5.92. The zero-order valence-corrected chi connectivity index (χ0v) is 10.1. The molecule has 92 valence electrons. The maximum Gasteiger partial charge on any atom is 0.115 e. The second kappa shape index (κ2) is 4.70. The van der Waals surface area contributed by atoms with Gasteiger partial charge in [-0.3, -0.25) is 0 Å². The summed E-state index contributed by atoms with van der Waals surface area (Å²) in [5, 5.41) is 3.59. The van der Waals surface area contributed by atoms with E-state index in [0.29, 0.717) is 6.04 Å². The Kier molecular flexibility index (Phi) is 3.07. The molecule has 1 saturated heterocycles. The van der Waals surface area contributed by atoms with Crippen LogP contribution in [0.1, 0.15) is 37.8 Å². The second-order valence-corrected chi connectivity index (χ2v) is 5.16. The summed E-state index contributed by atoms with van der Waals surface area (Å²) >= 11 is 0. The molecule has 1 aliphatic carbocycles. The molecule has 1 unspecified atom stereocenters. The van der Waals surface area contributed by atoms with Crippen LogP contribution >= 0.6 is 0 Å². The van der Waals surface area contributed by atoms with E-state index in [1.807, 2.05) is 6.07 Å². The van der Waals surface area contributed by atoms with Crippen molar-refractivity contribution in [2.75, 3.05) is 6.61 Å². The van der Waals surface area contributed by atoms with E-state index in [-0.39, 0.29) is 5.60 Å². The first kappa shape index (κ1) is 11.1. The third kappa shape index (κ3) is 2.48. The van der Waals surface area contributed by atoms with E-state index in [0.717, 1.165) is 31.7 Å². The second-order valence-electron chi connectivity index (χ2n) is 5.16. The van der Waals surface area contributed by atoms with Gasteiger partial charge in [0, 0.05) is 25.4 Å². The van der Waals surface area contributed by atoms with Gasteiger partial charge in [0.1, 0.15) is 6.33 Å². The number of hydrogen-bond donors (Lipinski definition) is 1. The SMILES string of the molecule is c1cc(CNC2CCOC3(CCC3)C2)ncn1. The Bertz CT molecular complexity index is 364. The Morgan fingerprint density at radius 2 is 2.41 bits per heavy atom. The van der Waals surface area contributed by atoms with Crippen molar-refractivity contribution in [1.29, 1.82) is 0 Å². The van der Waals surface area contributed by atoms with Gasteiger partial charge in [0.25, 0.3) is 0 Å². The fourth-order valence-corrected chi connectivity index (χ4v) is 2.79. The number of hydrogen-bond acceptors (Lipinski definition) is 4. The summed E-state index contributed by atoms with van der Waals surface area (Å²) in [6, 6.07) is 2.55. The number of nitrogens with zero attached hydrogens (tertiary/aromatic N) is 2. The highest BCUT2D eigenvalue weighted by molar-refractivity contribution is 5.00. The van der Waals surface area contributed by atoms with Crippen molar-refractivity contribution in [2.45, 2.75) is 50.3 Å². The minimum atomic E-state index is 0.224. The highest BCUT2D eigenvalue weighted by Crippen LogP contribution is 2.42. The summed E-state index contributed by atoms with van der Waals surface area (Å²) in [6.07, 6.45) is 9.51. The molecule has 1 saturated carbocycles. The van der Waals surface area contributed by atoms with Crippen LogP contribution in [-0.4, -0.2) is 28.2 Å². The van der Waals surface area contributed by atoms with E-state index in [1.54, 1.807) is 12.5 Å². The van der Waals surface area contributed by atoms with Gasteiger partial charge in [-0.15, -0.1) is 0 Å². The van der Waals surface area contributed by atoms with Gasteiger partial charge < -0.3 is 10.1 Å². The maximum absolute atomic E-state index is 5.92. The van der Waals surface area contributed by atoms with Crippen molar-refractivity contribution in [3.63, 3.8) is 0 Å². The van der Waals surface area contributed by atoms with Gasteiger partial charge in [0.2, 0.25) is 0 Å². The molecule has 1 N–H and O–H groups in total. The average molecular weight is 233 g/mol. The average Bonchev–Trinajstić information content (AvgIpc) is 2.36. The molecule has 17 heavy (non-hydrogen) atoms. The third-order valence-corrected chi connectivity index (χ3v) is 3.97. The first-order valence-corrected chi connectivity index (χ1v) is 6.49. The predicted molar refractivity (Wildman–Crippen MR) is 64.4 cm³/mol. The van der Waals surface area contributed by atoms with Gasteiger partial charge in [-0.2, -0.15) is 0 Å². The van der Waals surface area contributed by atoms with Crippen LogP contribution in [0.2, 0.25) is 0 Å². The minimum Gasteiger partial charge on any atom is -0.375 e. The molecule has 4 nitrogen and oxygen atoms in total. The lowest BCUT2D eigenvalue weighted by molar-refractivity contribution is -0.135. The molecule has 1 aliphatic heterocycles. The zero-order chi connectivity index (χ0) is 11.6. The van der Waals surface area contributed by atoms with E-state index in [4.69, 9.17) is 4.74 Å². The molecule has 0 bridgehead atoms. The molecule has 1 atom stereocenters. The lowest BCUT2D eigenvalue weighted by Gasteiger charge is -2.47. The van der Waals surface area contributed by atoms with E-state index in [9.17, 15) is 0 Å². The molecule has 1 aromatic rings. The third-order valence-electron chi connectivity index (χ3n) is 3.97. The smallest absolute Gasteiger partial charge is 0.115 e. The molecule has 1 aromatic heterocycles. The highest BCUT2D eigenvalue weighted by Gasteiger charge is 2.42. The van der Waals surface area contributed by atoms with E-state index in [1.165, 1.54) is 19.3 Å². The van der Waals surface area contributed by atoms with Crippen LogP contribution in [0.15, 0.2) is 18.6 Å². The number of aromatic nitrogens is 2.